The lowest BCUT2D eigenvalue weighted by Crippen LogP contribution is -2.33. The number of amides is 1. The standard InChI is InChI=1S/C12H14ClFN2O/c1-16(9-3-4-9)12(17)7-15-11-5-2-8(14)6-10(11)13/h2,5-6,9,15H,3-4,7H2,1H3. The summed E-state index contributed by atoms with van der Waals surface area (Å²) in [5, 5.41) is 3.20. The molecule has 0 spiro atoms. The van der Waals surface area contributed by atoms with Gasteiger partial charge in [0, 0.05) is 13.1 Å². The molecule has 0 saturated heterocycles. The molecule has 1 saturated carbocycles. The normalized spacial score (nSPS) is 14.5. The highest BCUT2D eigenvalue weighted by Gasteiger charge is 2.29. The molecule has 1 fully saturated rings. The van der Waals surface area contributed by atoms with Crippen molar-refractivity contribution in [3.8, 4) is 0 Å². The van der Waals surface area contributed by atoms with E-state index in [0.717, 1.165) is 12.8 Å². The topological polar surface area (TPSA) is 32.3 Å². The van der Waals surface area contributed by atoms with Crippen molar-refractivity contribution in [2.75, 3.05) is 18.9 Å². The van der Waals surface area contributed by atoms with Gasteiger partial charge in [-0.2, -0.15) is 0 Å². The smallest absolute Gasteiger partial charge is 0.241 e. The Morgan fingerprint density at radius 2 is 2.29 bits per heavy atom. The highest BCUT2D eigenvalue weighted by Crippen LogP contribution is 2.26. The van der Waals surface area contributed by atoms with E-state index in [1.165, 1.54) is 18.2 Å². The van der Waals surface area contributed by atoms with Gasteiger partial charge < -0.3 is 10.2 Å². The number of likely N-dealkylation sites (N-methyl/N-ethyl adjacent to an activating group) is 1. The first-order chi connectivity index (χ1) is 8.08. The van der Waals surface area contributed by atoms with Gasteiger partial charge in [-0.25, -0.2) is 4.39 Å². The van der Waals surface area contributed by atoms with E-state index in [-0.39, 0.29) is 23.3 Å². The summed E-state index contributed by atoms with van der Waals surface area (Å²) in [5.41, 5.74) is 0.575. The number of anilines is 1. The van der Waals surface area contributed by atoms with E-state index in [2.05, 4.69) is 5.32 Å². The second kappa shape index (κ2) is 4.92. The Balaban J connectivity index is 1.90. The number of nitrogens with one attached hydrogen (secondary N) is 1. The van der Waals surface area contributed by atoms with Crippen LogP contribution in [0.25, 0.3) is 0 Å². The number of halogens is 2. The van der Waals surface area contributed by atoms with Crippen LogP contribution in [-0.2, 0) is 4.79 Å². The zero-order chi connectivity index (χ0) is 12.4. The van der Waals surface area contributed by atoms with Crippen LogP contribution in [0.3, 0.4) is 0 Å². The van der Waals surface area contributed by atoms with Crippen LogP contribution in [0.4, 0.5) is 10.1 Å². The van der Waals surface area contributed by atoms with Crippen molar-refractivity contribution in [3.63, 3.8) is 0 Å². The molecule has 1 N–H and O–H groups in total. The Hall–Kier alpha value is -1.29. The molecule has 1 aliphatic rings. The number of hydrogen-bond acceptors (Lipinski definition) is 2. The van der Waals surface area contributed by atoms with Crippen molar-refractivity contribution in [1.29, 1.82) is 0 Å². The third kappa shape index (κ3) is 3.09. The number of rotatable bonds is 4. The minimum absolute atomic E-state index is 0.0212. The maximum atomic E-state index is 12.8. The van der Waals surface area contributed by atoms with Gasteiger partial charge >= 0.3 is 0 Å². The van der Waals surface area contributed by atoms with Crippen LogP contribution in [-0.4, -0.2) is 30.4 Å². The van der Waals surface area contributed by atoms with Gasteiger partial charge in [0.2, 0.25) is 5.91 Å². The zero-order valence-electron chi connectivity index (χ0n) is 9.54. The van der Waals surface area contributed by atoms with Crippen LogP contribution in [0.5, 0.6) is 0 Å². The SMILES string of the molecule is CN(C(=O)CNc1ccc(F)cc1Cl)C1CC1. The van der Waals surface area contributed by atoms with Gasteiger partial charge in [-0.05, 0) is 31.0 Å². The molecular formula is C12H14ClFN2O. The lowest BCUT2D eigenvalue weighted by Gasteiger charge is -2.17. The predicted molar refractivity (Wildman–Crippen MR) is 65.7 cm³/mol. The first-order valence-corrected chi connectivity index (χ1v) is 5.90. The van der Waals surface area contributed by atoms with Crippen molar-refractivity contribution in [3.05, 3.63) is 29.0 Å². The lowest BCUT2D eigenvalue weighted by atomic mass is 10.3. The van der Waals surface area contributed by atoms with Gasteiger partial charge in [-0.15, -0.1) is 0 Å². The fraction of sp³-hybridized carbons (Fsp3) is 0.417. The average molecular weight is 257 g/mol. The molecule has 17 heavy (non-hydrogen) atoms. The Kier molecular flexibility index (Phi) is 3.52. The summed E-state index contributed by atoms with van der Waals surface area (Å²) in [5.74, 6) is -0.366. The number of carbonyl (C=O) groups is 1. The summed E-state index contributed by atoms with van der Waals surface area (Å²) in [7, 11) is 1.80. The first-order valence-electron chi connectivity index (χ1n) is 5.52. The van der Waals surface area contributed by atoms with Crippen LogP contribution in [0, 0.1) is 5.82 Å². The van der Waals surface area contributed by atoms with Crippen LogP contribution < -0.4 is 5.32 Å². The molecule has 0 bridgehead atoms. The fourth-order valence-corrected chi connectivity index (χ4v) is 1.83. The van der Waals surface area contributed by atoms with Gasteiger partial charge in [-0.3, -0.25) is 4.79 Å². The van der Waals surface area contributed by atoms with E-state index in [4.69, 9.17) is 11.6 Å². The van der Waals surface area contributed by atoms with Crippen LogP contribution in [0.15, 0.2) is 18.2 Å². The summed E-state index contributed by atoms with van der Waals surface area (Å²) >= 11 is 5.84. The predicted octanol–water partition coefficient (Wildman–Crippen LogP) is 2.51. The Morgan fingerprint density at radius 1 is 1.59 bits per heavy atom. The molecule has 1 amide bonds. The number of hydrogen-bond donors (Lipinski definition) is 1. The molecule has 0 radical (unpaired) electrons. The molecular weight excluding hydrogens is 243 g/mol. The molecule has 0 aliphatic heterocycles. The molecule has 92 valence electrons. The highest BCUT2D eigenvalue weighted by atomic mass is 35.5. The van der Waals surface area contributed by atoms with Gasteiger partial charge in [-0.1, -0.05) is 11.6 Å². The van der Waals surface area contributed by atoms with Gasteiger partial charge in [0.05, 0.1) is 17.3 Å². The average Bonchev–Trinajstić information content (AvgIpc) is 3.10. The third-order valence-electron chi connectivity index (χ3n) is 2.85. The summed E-state index contributed by atoms with van der Waals surface area (Å²) in [6.45, 7) is 0.179. The molecule has 1 aromatic rings. The van der Waals surface area contributed by atoms with Crippen molar-refractivity contribution in [1.82, 2.24) is 4.90 Å². The first kappa shape index (κ1) is 12.2. The van der Waals surface area contributed by atoms with Crippen LogP contribution >= 0.6 is 11.6 Å². The van der Waals surface area contributed by atoms with E-state index < -0.39 is 0 Å². The minimum atomic E-state index is -0.387. The summed E-state index contributed by atoms with van der Waals surface area (Å²) < 4.78 is 12.8. The van der Waals surface area contributed by atoms with Gasteiger partial charge in [0.1, 0.15) is 5.82 Å². The van der Waals surface area contributed by atoms with E-state index in [9.17, 15) is 9.18 Å². The van der Waals surface area contributed by atoms with Crippen molar-refractivity contribution < 1.29 is 9.18 Å². The van der Waals surface area contributed by atoms with Gasteiger partial charge in [0.25, 0.3) is 0 Å². The molecule has 5 heteroatoms. The molecule has 0 heterocycles. The highest BCUT2D eigenvalue weighted by molar-refractivity contribution is 6.33. The Bertz CT molecular complexity index is 435. The van der Waals surface area contributed by atoms with Crippen molar-refractivity contribution in [2.24, 2.45) is 0 Å². The molecule has 1 aliphatic carbocycles. The van der Waals surface area contributed by atoms with Gasteiger partial charge in [0.15, 0.2) is 0 Å². The molecule has 1 aromatic carbocycles. The Labute approximate surface area is 105 Å². The van der Waals surface area contributed by atoms with Crippen LogP contribution in [0.1, 0.15) is 12.8 Å². The van der Waals surface area contributed by atoms with Crippen molar-refractivity contribution in [2.45, 2.75) is 18.9 Å². The number of carbonyl (C=O) groups excluding carboxylic acids is 1. The summed E-state index contributed by atoms with van der Waals surface area (Å²) in [4.78, 5) is 13.5. The molecule has 0 atom stereocenters. The maximum Gasteiger partial charge on any atom is 0.241 e. The lowest BCUT2D eigenvalue weighted by molar-refractivity contribution is -0.128. The summed E-state index contributed by atoms with van der Waals surface area (Å²) in [6.07, 6.45) is 2.17. The molecule has 0 aromatic heterocycles. The van der Waals surface area contributed by atoms with E-state index in [0.29, 0.717) is 11.7 Å². The molecule has 3 nitrogen and oxygen atoms in total. The largest absolute Gasteiger partial charge is 0.375 e. The van der Waals surface area contributed by atoms with E-state index in [1.807, 2.05) is 0 Å². The zero-order valence-corrected chi connectivity index (χ0v) is 10.3. The number of nitrogens with zero attached hydrogens (tertiary/aromatic N) is 1. The maximum absolute atomic E-state index is 12.8. The second-order valence-electron chi connectivity index (χ2n) is 4.21. The van der Waals surface area contributed by atoms with E-state index >= 15 is 0 Å². The monoisotopic (exact) mass is 256 g/mol. The van der Waals surface area contributed by atoms with E-state index in [1.54, 1.807) is 11.9 Å². The minimum Gasteiger partial charge on any atom is -0.375 e. The fourth-order valence-electron chi connectivity index (χ4n) is 1.59. The number of benzene rings is 1. The van der Waals surface area contributed by atoms with Crippen molar-refractivity contribution >= 4 is 23.2 Å². The molecule has 2 rings (SSSR count). The second-order valence-corrected chi connectivity index (χ2v) is 4.62. The Morgan fingerprint density at radius 3 is 2.88 bits per heavy atom. The molecule has 0 unspecified atom stereocenters. The van der Waals surface area contributed by atoms with Crippen LogP contribution in [0.2, 0.25) is 5.02 Å². The summed E-state index contributed by atoms with van der Waals surface area (Å²) in [6, 6.07) is 4.46. The third-order valence-corrected chi connectivity index (χ3v) is 3.16. The quantitative estimate of drug-likeness (QED) is 0.898.